The number of likely N-dealkylation sites (N-methyl/N-ethyl adjacent to an activating group) is 1. The maximum absolute atomic E-state index is 5.05. The van der Waals surface area contributed by atoms with Crippen molar-refractivity contribution in [1.82, 2.24) is 15.3 Å². The Bertz CT molecular complexity index is 372. The minimum atomic E-state index is 0.577. The molecule has 4 heteroatoms. The van der Waals surface area contributed by atoms with E-state index in [1.54, 1.807) is 0 Å². The summed E-state index contributed by atoms with van der Waals surface area (Å²) in [4.78, 5) is 7.35. The lowest BCUT2D eigenvalue weighted by molar-refractivity contribution is 0.512. The number of fused-ring (bicyclic) bond motifs is 1. The summed E-state index contributed by atoms with van der Waals surface area (Å²) in [6.07, 6.45) is 5.55. The van der Waals surface area contributed by atoms with Gasteiger partial charge in [0.25, 0.3) is 0 Å². The van der Waals surface area contributed by atoms with Crippen molar-refractivity contribution in [3.05, 3.63) is 22.2 Å². The minimum Gasteiger partial charge on any atom is -0.334 e. The third-order valence-corrected chi connectivity index (χ3v) is 2.99. The zero-order valence-corrected chi connectivity index (χ0v) is 9.16. The van der Waals surface area contributed by atoms with Gasteiger partial charge < -0.3 is 10.3 Å². The SMILES string of the molecule is CNCC1CCCc2cnc(=S)[nH]c21. The van der Waals surface area contributed by atoms with Crippen LogP contribution in [0.25, 0.3) is 0 Å². The lowest BCUT2D eigenvalue weighted by atomic mass is 9.87. The maximum Gasteiger partial charge on any atom is 0.196 e. The van der Waals surface area contributed by atoms with Crippen molar-refractivity contribution in [3.8, 4) is 0 Å². The van der Waals surface area contributed by atoms with Gasteiger partial charge in [-0.25, -0.2) is 4.98 Å². The van der Waals surface area contributed by atoms with Crippen molar-refractivity contribution in [2.24, 2.45) is 0 Å². The summed E-state index contributed by atoms with van der Waals surface area (Å²) in [5.74, 6) is 0.577. The molecular formula is C10H15N3S. The monoisotopic (exact) mass is 209 g/mol. The summed E-state index contributed by atoms with van der Waals surface area (Å²) in [5.41, 5.74) is 2.63. The van der Waals surface area contributed by atoms with E-state index in [4.69, 9.17) is 12.2 Å². The van der Waals surface area contributed by atoms with Gasteiger partial charge in [0.05, 0.1) is 0 Å². The number of aryl methyl sites for hydroxylation is 1. The first-order chi connectivity index (χ1) is 6.81. The van der Waals surface area contributed by atoms with Crippen molar-refractivity contribution in [3.63, 3.8) is 0 Å². The molecular weight excluding hydrogens is 194 g/mol. The summed E-state index contributed by atoms with van der Waals surface area (Å²) in [7, 11) is 1.99. The molecule has 0 spiro atoms. The van der Waals surface area contributed by atoms with Gasteiger partial charge in [-0.15, -0.1) is 0 Å². The topological polar surface area (TPSA) is 40.7 Å². The van der Waals surface area contributed by atoms with Gasteiger partial charge in [-0.2, -0.15) is 0 Å². The summed E-state index contributed by atoms with van der Waals surface area (Å²) >= 11 is 5.05. The first-order valence-corrected chi connectivity index (χ1v) is 5.45. The van der Waals surface area contributed by atoms with Crippen LogP contribution in [-0.2, 0) is 6.42 Å². The highest BCUT2D eigenvalue weighted by Crippen LogP contribution is 2.28. The van der Waals surface area contributed by atoms with Crippen molar-refractivity contribution >= 4 is 12.2 Å². The molecule has 14 heavy (non-hydrogen) atoms. The van der Waals surface area contributed by atoms with Crippen molar-refractivity contribution in [2.75, 3.05) is 13.6 Å². The molecule has 0 fully saturated rings. The highest BCUT2D eigenvalue weighted by molar-refractivity contribution is 7.71. The largest absolute Gasteiger partial charge is 0.334 e. The van der Waals surface area contributed by atoms with Gasteiger partial charge in [0.1, 0.15) is 0 Å². The number of H-pyrrole nitrogens is 1. The number of aromatic nitrogens is 2. The third-order valence-electron chi connectivity index (χ3n) is 2.78. The van der Waals surface area contributed by atoms with E-state index in [-0.39, 0.29) is 0 Å². The Morgan fingerprint density at radius 1 is 1.71 bits per heavy atom. The molecule has 0 aliphatic heterocycles. The number of nitrogens with one attached hydrogen (secondary N) is 2. The molecule has 1 aliphatic rings. The zero-order chi connectivity index (χ0) is 9.97. The van der Waals surface area contributed by atoms with Crippen LogP contribution in [0, 0.1) is 4.77 Å². The van der Waals surface area contributed by atoms with Gasteiger partial charge in [0, 0.05) is 24.4 Å². The molecule has 1 aliphatic carbocycles. The highest BCUT2D eigenvalue weighted by Gasteiger charge is 2.20. The summed E-state index contributed by atoms with van der Waals surface area (Å²) in [5, 5.41) is 3.22. The molecule has 1 aromatic heterocycles. The summed E-state index contributed by atoms with van der Waals surface area (Å²) in [6, 6.07) is 0. The van der Waals surface area contributed by atoms with Crippen LogP contribution < -0.4 is 5.32 Å². The summed E-state index contributed by atoms with van der Waals surface area (Å²) < 4.78 is 0.603. The van der Waals surface area contributed by atoms with E-state index in [9.17, 15) is 0 Å². The molecule has 1 aromatic rings. The highest BCUT2D eigenvalue weighted by atomic mass is 32.1. The maximum atomic E-state index is 5.05. The van der Waals surface area contributed by atoms with Crippen LogP contribution in [0.2, 0.25) is 0 Å². The molecule has 2 rings (SSSR count). The Hall–Kier alpha value is -0.740. The lowest BCUT2D eigenvalue weighted by Crippen LogP contribution is -2.22. The van der Waals surface area contributed by atoms with Gasteiger partial charge in [-0.05, 0) is 44.1 Å². The molecule has 0 bridgehead atoms. The molecule has 0 saturated carbocycles. The van der Waals surface area contributed by atoms with E-state index in [1.165, 1.54) is 24.1 Å². The van der Waals surface area contributed by atoms with Gasteiger partial charge in [0.15, 0.2) is 4.77 Å². The molecule has 1 heterocycles. The van der Waals surface area contributed by atoms with Crippen molar-refractivity contribution in [2.45, 2.75) is 25.2 Å². The van der Waals surface area contributed by atoms with Crippen molar-refractivity contribution < 1.29 is 0 Å². The van der Waals surface area contributed by atoms with Crippen LogP contribution in [0.4, 0.5) is 0 Å². The number of hydrogen-bond acceptors (Lipinski definition) is 3. The predicted octanol–water partition coefficient (Wildman–Crippen LogP) is 1.78. The van der Waals surface area contributed by atoms with Gasteiger partial charge in [-0.3, -0.25) is 0 Å². The van der Waals surface area contributed by atoms with Crippen LogP contribution in [0.5, 0.6) is 0 Å². The Balaban J connectivity index is 2.36. The predicted molar refractivity (Wildman–Crippen MR) is 59.0 cm³/mol. The van der Waals surface area contributed by atoms with E-state index in [2.05, 4.69) is 15.3 Å². The van der Waals surface area contributed by atoms with Crippen LogP contribution in [-0.4, -0.2) is 23.6 Å². The fraction of sp³-hybridized carbons (Fsp3) is 0.600. The third kappa shape index (κ3) is 1.86. The number of hydrogen-bond donors (Lipinski definition) is 2. The van der Waals surface area contributed by atoms with E-state index >= 15 is 0 Å². The molecule has 1 unspecified atom stereocenters. The van der Waals surface area contributed by atoms with Crippen LogP contribution in [0.1, 0.15) is 30.0 Å². The number of nitrogens with zero attached hydrogens (tertiary/aromatic N) is 1. The van der Waals surface area contributed by atoms with E-state index in [0.29, 0.717) is 10.7 Å². The van der Waals surface area contributed by atoms with E-state index in [0.717, 1.165) is 13.0 Å². The fourth-order valence-electron chi connectivity index (χ4n) is 2.13. The molecule has 0 amide bonds. The normalized spacial score (nSPS) is 20.5. The molecule has 0 aromatic carbocycles. The first kappa shape index (κ1) is 9.80. The minimum absolute atomic E-state index is 0.577. The first-order valence-electron chi connectivity index (χ1n) is 5.04. The van der Waals surface area contributed by atoms with Gasteiger partial charge >= 0.3 is 0 Å². The van der Waals surface area contributed by atoms with Crippen molar-refractivity contribution in [1.29, 1.82) is 0 Å². The second-order valence-electron chi connectivity index (χ2n) is 3.77. The average molecular weight is 209 g/mol. The number of aromatic amines is 1. The molecule has 1 atom stereocenters. The molecule has 3 nitrogen and oxygen atoms in total. The summed E-state index contributed by atoms with van der Waals surface area (Å²) in [6.45, 7) is 1.02. The van der Waals surface area contributed by atoms with Crippen LogP contribution >= 0.6 is 12.2 Å². The Morgan fingerprint density at radius 2 is 2.57 bits per heavy atom. The second kappa shape index (κ2) is 4.19. The van der Waals surface area contributed by atoms with E-state index in [1.807, 2.05) is 13.2 Å². The molecule has 76 valence electrons. The molecule has 2 N–H and O–H groups in total. The number of rotatable bonds is 2. The second-order valence-corrected chi connectivity index (χ2v) is 4.16. The molecule has 0 radical (unpaired) electrons. The zero-order valence-electron chi connectivity index (χ0n) is 8.34. The lowest BCUT2D eigenvalue weighted by Gasteiger charge is -2.24. The quantitative estimate of drug-likeness (QED) is 0.729. The average Bonchev–Trinajstić information content (AvgIpc) is 2.19. The van der Waals surface area contributed by atoms with Gasteiger partial charge in [0.2, 0.25) is 0 Å². The molecule has 0 saturated heterocycles. The standard InChI is InChI=1S/C10H15N3S/c1-11-5-7-3-2-4-8-6-12-10(14)13-9(7)8/h6-7,11H,2-5H2,1H3,(H,12,13,14). The van der Waals surface area contributed by atoms with Crippen LogP contribution in [0.3, 0.4) is 0 Å². The Kier molecular flexibility index (Phi) is 2.93. The van der Waals surface area contributed by atoms with Crippen LogP contribution in [0.15, 0.2) is 6.20 Å². The van der Waals surface area contributed by atoms with Gasteiger partial charge in [-0.1, -0.05) is 0 Å². The smallest absolute Gasteiger partial charge is 0.196 e. The fourth-order valence-corrected chi connectivity index (χ4v) is 2.29. The van der Waals surface area contributed by atoms with E-state index < -0.39 is 0 Å². The Morgan fingerprint density at radius 3 is 3.36 bits per heavy atom. The Labute approximate surface area is 89.0 Å².